The summed E-state index contributed by atoms with van der Waals surface area (Å²) in [7, 11) is 0. The van der Waals surface area contributed by atoms with E-state index in [0.29, 0.717) is 52.5 Å². The maximum absolute atomic E-state index is 12.6. The average molecular weight is 2020 g/mol. The summed E-state index contributed by atoms with van der Waals surface area (Å²) >= 11 is 60.6. The predicted molar refractivity (Wildman–Crippen MR) is 522 cm³/mol. The van der Waals surface area contributed by atoms with E-state index >= 15 is 0 Å². The van der Waals surface area contributed by atoms with Gasteiger partial charge in [-0.3, -0.25) is 19.2 Å². The molecule has 0 aliphatic heterocycles. The van der Waals surface area contributed by atoms with Crippen molar-refractivity contribution < 1.29 is 63.6 Å². The van der Waals surface area contributed by atoms with Crippen LogP contribution < -0.4 is 35.1 Å². The van der Waals surface area contributed by atoms with Gasteiger partial charge in [0, 0.05) is 151 Å². The third kappa shape index (κ3) is 26.1. The van der Waals surface area contributed by atoms with Crippen LogP contribution in [0, 0.1) is 27.7 Å². The standard InChI is InChI=1S/C23H21Cl2N3O2.C23H22ClN3O3.C17H11Cl2N3.C9H8ClN.C8H4Cl2N2.C7H6BrCl.C6H11BrO2.CH4.Na.H2O/c1-13-20(21-15-7-5-6-8-16(15)22(25)27-26-21)17-11-14(24)9-10-18(17)28(13)12-19(29)30-23(2,3)4;1-13-20(21-15-7-5-6-8-16(15)22(29)26-25-21)17-11-14(24)9-10-18(17)27(13)12-19(28)30-23(2,3)4;1-9-15(13-8-10(18)6-7-14(13)20-9)16-11-4-2-3-5-12(11)17(19)22-21-16;1-6-4-7-5-8(10)2-3-9(7)11-6;9-7-5-3-1-2-4-6(5)8(10)12-11-7;8-5-6-1-3-7(9)4-2-6;1-6(2,3)9-5(8)4-7;;;/h5-11H,12H2,1-4H3;5-11H,12H2,1-4H3,(H,26,29);2-8,20H,1H3;2-5,11H,1H3;1-4H;1-4H,5H2;4H2,1-3H3;1H4;;1H2/q;;;;;;;;+1;/p-1. The summed E-state index contributed by atoms with van der Waals surface area (Å²) in [4.78, 5) is 54.5. The molecular formula is C94H88Br2Cl9N12NaO8. The molecular weight excluding hydrogens is 1930 g/mol. The van der Waals surface area contributed by atoms with Crippen LogP contribution in [-0.4, -0.2) is 105 Å². The number of H-pyrrole nitrogens is 3. The summed E-state index contributed by atoms with van der Waals surface area (Å²) in [6.45, 7) is 24.7. The number of halogens is 11. The van der Waals surface area contributed by atoms with Crippen molar-refractivity contribution in [3.05, 3.63) is 285 Å². The molecule has 0 bridgehead atoms. The zero-order chi connectivity index (χ0) is 89.1. The van der Waals surface area contributed by atoms with Gasteiger partial charge in [0.15, 0.2) is 20.6 Å². The molecule has 0 saturated heterocycles. The van der Waals surface area contributed by atoms with Crippen molar-refractivity contribution in [3.63, 3.8) is 0 Å². The smallest absolute Gasteiger partial charge is 0.870 e. The van der Waals surface area contributed by atoms with E-state index in [-0.39, 0.29) is 89.9 Å². The molecule has 8 aromatic heterocycles. The number of esters is 3. The second-order valence-electron chi connectivity index (χ2n) is 31.1. The first-order chi connectivity index (χ1) is 58.3. The minimum absolute atomic E-state index is 0. The summed E-state index contributed by atoms with van der Waals surface area (Å²) in [6.07, 6.45) is 0. The molecule has 650 valence electrons. The fourth-order valence-electron chi connectivity index (χ4n) is 13.6. The van der Waals surface area contributed by atoms with Gasteiger partial charge in [-0.05, 0) is 193 Å². The van der Waals surface area contributed by atoms with Crippen LogP contribution in [0.2, 0.25) is 45.7 Å². The number of nitrogens with one attached hydrogen (secondary N) is 3. The van der Waals surface area contributed by atoms with Gasteiger partial charge in [0.05, 0.1) is 5.39 Å². The summed E-state index contributed by atoms with van der Waals surface area (Å²) in [5, 5.41) is 48.0. The molecule has 0 saturated carbocycles. The number of aromatic amines is 3. The Balaban J connectivity index is 0.000000191. The molecule has 32 heteroatoms. The van der Waals surface area contributed by atoms with Crippen LogP contribution in [0.5, 0.6) is 0 Å². The number of rotatable bonds is 9. The maximum atomic E-state index is 12.6. The van der Waals surface area contributed by atoms with Crippen LogP contribution in [0.1, 0.15) is 98.1 Å². The molecule has 126 heavy (non-hydrogen) atoms. The Bertz CT molecular complexity index is 6810. The molecule has 8 heterocycles. The molecule has 0 aliphatic rings. The first-order valence-corrected chi connectivity index (χ1v) is 43.9. The van der Waals surface area contributed by atoms with Gasteiger partial charge in [-0.1, -0.05) is 247 Å². The molecule has 9 aromatic carbocycles. The van der Waals surface area contributed by atoms with E-state index in [9.17, 15) is 19.2 Å². The van der Waals surface area contributed by atoms with Crippen molar-refractivity contribution in [2.75, 3.05) is 5.33 Å². The monoisotopic (exact) mass is 2010 g/mol. The van der Waals surface area contributed by atoms with Crippen molar-refractivity contribution in [2.24, 2.45) is 0 Å². The van der Waals surface area contributed by atoms with Crippen molar-refractivity contribution in [1.82, 2.24) is 59.9 Å². The Labute approximate surface area is 812 Å². The van der Waals surface area contributed by atoms with Crippen LogP contribution >= 0.6 is 136 Å². The van der Waals surface area contributed by atoms with Crippen molar-refractivity contribution in [1.29, 1.82) is 0 Å². The van der Waals surface area contributed by atoms with Crippen LogP contribution in [0.3, 0.4) is 0 Å². The van der Waals surface area contributed by atoms with Crippen molar-refractivity contribution in [3.8, 4) is 33.8 Å². The number of hydrogen-bond acceptors (Lipinski definition) is 15. The van der Waals surface area contributed by atoms with E-state index in [1.807, 2.05) is 281 Å². The predicted octanol–water partition coefficient (Wildman–Crippen LogP) is 24.9. The third-order valence-electron chi connectivity index (χ3n) is 18.5. The second-order valence-corrected chi connectivity index (χ2v) is 35.8. The normalized spacial score (nSPS) is 11.1. The molecule has 20 nitrogen and oxygen atoms in total. The summed E-state index contributed by atoms with van der Waals surface area (Å²) in [5.41, 5.74) is 12.2. The second kappa shape index (κ2) is 45.0. The molecule has 0 unspecified atom stereocenters. The SMILES string of the molecule is C.CC(C)(C)OC(=O)CBr.Cc1[nH]c2ccc(Cl)cc2c1-c1nnc(Cl)c2ccccc12.Cc1c(-c2n[nH]c(=O)c3ccccc23)c2cc(Cl)ccc2n1CC(=O)OC(C)(C)C.Cc1c(-c2nnc(Cl)c3ccccc23)c2cc(Cl)ccc2n1CC(=O)OC(C)(C)C.Cc1cc2cc(Cl)ccc2[nH]1.Clc1ccc(CBr)cc1.Clc1nnc(Cl)c2ccccc12.[Na+].[OH-]. The first-order valence-electron chi connectivity index (χ1n) is 38.3. The molecule has 0 amide bonds. The van der Waals surface area contributed by atoms with Gasteiger partial charge in [0.2, 0.25) is 0 Å². The van der Waals surface area contributed by atoms with Gasteiger partial charge in [-0.25, -0.2) is 5.10 Å². The largest absolute Gasteiger partial charge is 1.00 e. The minimum atomic E-state index is -0.573. The number of hydrogen-bond donors (Lipinski definition) is 3. The van der Waals surface area contributed by atoms with E-state index in [4.69, 9.17) is 119 Å². The van der Waals surface area contributed by atoms with Gasteiger partial charge in [0.1, 0.15) is 52.3 Å². The third-order valence-corrected chi connectivity index (χ3v) is 22.0. The van der Waals surface area contributed by atoms with Crippen LogP contribution in [0.4, 0.5) is 0 Å². The van der Waals surface area contributed by atoms with E-state index in [1.54, 1.807) is 12.1 Å². The van der Waals surface area contributed by atoms with Crippen molar-refractivity contribution in [2.45, 2.75) is 133 Å². The zero-order valence-electron chi connectivity index (χ0n) is 70.4. The van der Waals surface area contributed by atoms with Crippen LogP contribution in [0.25, 0.3) is 120 Å². The number of alkyl halides is 2. The molecule has 0 atom stereocenters. The maximum Gasteiger partial charge on any atom is 1.00 e. The molecule has 0 aliphatic carbocycles. The number of nitrogens with zero attached hydrogens (tertiary/aromatic N) is 9. The van der Waals surface area contributed by atoms with Gasteiger partial charge in [-0.15, -0.1) is 30.6 Å². The van der Waals surface area contributed by atoms with E-state index in [2.05, 4.69) is 88.7 Å². The van der Waals surface area contributed by atoms with E-state index < -0.39 is 11.2 Å². The van der Waals surface area contributed by atoms with E-state index in [1.165, 1.54) is 16.6 Å². The molecule has 0 fully saturated rings. The van der Waals surface area contributed by atoms with E-state index in [0.717, 1.165) is 131 Å². The summed E-state index contributed by atoms with van der Waals surface area (Å²) < 4.78 is 19.8. The Morgan fingerprint density at radius 1 is 0.389 bits per heavy atom. The van der Waals surface area contributed by atoms with Crippen LogP contribution in [0.15, 0.2) is 205 Å². The number of aryl methyl sites for hydroxylation is 2. The Hall–Kier alpha value is -8.76. The minimum Gasteiger partial charge on any atom is -0.870 e. The first kappa shape index (κ1) is 103. The number of carbonyl (C=O) groups excluding carboxylic acids is 3. The number of benzene rings is 9. The number of fused-ring (bicyclic) bond motifs is 8. The molecule has 0 radical (unpaired) electrons. The van der Waals surface area contributed by atoms with Gasteiger partial charge < -0.3 is 38.8 Å². The van der Waals surface area contributed by atoms with Gasteiger partial charge >= 0.3 is 47.5 Å². The number of carbonyl (C=O) groups is 3. The van der Waals surface area contributed by atoms with Gasteiger partial charge in [-0.2, -0.15) is 5.10 Å². The van der Waals surface area contributed by atoms with Gasteiger partial charge in [0.25, 0.3) is 5.56 Å². The zero-order valence-corrected chi connectivity index (χ0v) is 82.3. The molecule has 17 aromatic rings. The topological polar surface area (TPSA) is 273 Å². The van der Waals surface area contributed by atoms with Crippen LogP contribution in [-0.2, 0) is 47.0 Å². The Kier molecular flexibility index (Phi) is 36.6. The quantitative estimate of drug-likeness (QED) is 0.0524. The Morgan fingerprint density at radius 3 is 1.16 bits per heavy atom. The van der Waals surface area contributed by atoms with Crippen molar-refractivity contribution >= 4 is 241 Å². The average Bonchev–Trinajstić information content (AvgIpc) is 1.59. The number of ether oxygens (including phenoxy) is 3. The summed E-state index contributed by atoms with van der Waals surface area (Å²) in [6, 6.07) is 63.0. The Morgan fingerprint density at radius 2 is 0.738 bits per heavy atom. The summed E-state index contributed by atoms with van der Waals surface area (Å²) in [5.74, 6) is -0.859. The fraction of sp³-hybridized carbons (Fsp3) is 0.223. The fourth-order valence-corrected chi connectivity index (χ4v) is 15.7. The molecule has 4 N–H and O–H groups in total. The molecule has 0 spiro atoms. The number of aromatic nitrogens is 12. The molecule has 17 rings (SSSR count).